The molecule has 0 heterocycles. The standard InChI is InChI=1S/C17H19ClN2O/c1-11-6-4-9-16(12(11)2)20-17(21)10-19-15-8-5-7-14(18)13(15)3/h4-9,19H,10H2,1-3H3,(H,20,21). The van der Waals surface area contributed by atoms with Crippen molar-refractivity contribution >= 4 is 28.9 Å². The van der Waals surface area contributed by atoms with E-state index in [4.69, 9.17) is 11.6 Å². The van der Waals surface area contributed by atoms with Crippen molar-refractivity contribution in [3.63, 3.8) is 0 Å². The fourth-order valence-electron chi connectivity index (χ4n) is 2.06. The highest BCUT2D eigenvalue weighted by Crippen LogP contribution is 2.23. The van der Waals surface area contributed by atoms with Gasteiger partial charge in [0, 0.05) is 16.4 Å². The number of amides is 1. The highest BCUT2D eigenvalue weighted by atomic mass is 35.5. The van der Waals surface area contributed by atoms with Crippen molar-refractivity contribution in [3.8, 4) is 0 Å². The number of hydrogen-bond acceptors (Lipinski definition) is 2. The normalized spacial score (nSPS) is 10.3. The minimum Gasteiger partial charge on any atom is -0.376 e. The van der Waals surface area contributed by atoms with Crippen molar-refractivity contribution in [2.24, 2.45) is 0 Å². The summed E-state index contributed by atoms with van der Waals surface area (Å²) in [6.07, 6.45) is 0. The Morgan fingerprint density at radius 3 is 2.43 bits per heavy atom. The number of aryl methyl sites for hydroxylation is 1. The zero-order chi connectivity index (χ0) is 15.4. The summed E-state index contributed by atoms with van der Waals surface area (Å²) >= 11 is 6.06. The number of hydrogen-bond donors (Lipinski definition) is 2. The Hall–Kier alpha value is -2.00. The Labute approximate surface area is 130 Å². The van der Waals surface area contributed by atoms with E-state index >= 15 is 0 Å². The van der Waals surface area contributed by atoms with Crippen molar-refractivity contribution in [2.45, 2.75) is 20.8 Å². The van der Waals surface area contributed by atoms with E-state index in [2.05, 4.69) is 10.6 Å². The SMILES string of the molecule is Cc1cccc(NC(=O)CNc2cccc(Cl)c2C)c1C. The highest BCUT2D eigenvalue weighted by molar-refractivity contribution is 6.31. The third kappa shape index (κ3) is 3.76. The van der Waals surface area contributed by atoms with E-state index in [1.54, 1.807) is 0 Å². The first-order valence-corrected chi connectivity index (χ1v) is 7.22. The molecule has 3 nitrogen and oxygen atoms in total. The minimum absolute atomic E-state index is 0.0805. The van der Waals surface area contributed by atoms with E-state index in [1.165, 1.54) is 0 Å². The molecule has 0 fully saturated rings. The number of rotatable bonds is 4. The first-order chi connectivity index (χ1) is 9.99. The summed E-state index contributed by atoms with van der Waals surface area (Å²) in [6, 6.07) is 11.5. The van der Waals surface area contributed by atoms with Gasteiger partial charge in [0.1, 0.15) is 0 Å². The summed E-state index contributed by atoms with van der Waals surface area (Å²) in [5, 5.41) is 6.72. The van der Waals surface area contributed by atoms with Gasteiger partial charge < -0.3 is 10.6 Å². The first kappa shape index (κ1) is 15.4. The smallest absolute Gasteiger partial charge is 0.243 e. The van der Waals surface area contributed by atoms with Crippen LogP contribution >= 0.6 is 11.6 Å². The molecular weight excluding hydrogens is 284 g/mol. The first-order valence-electron chi connectivity index (χ1n) is 6.84. The Bertz CT molecular complexity index is 668. The molecule has 0 aliphatic rings. The van der Waals surface area contributed by atoms with Crippen molar-refractivity contribution in [3.05, 3.63) is 58.1 Å². The van der Waals surface area contributed by atoms with E-state index in [1.807, 2.05) is 57.2 Å². The van der Waals surface area contributed by atoms with E-state index < -0.39 is 0 Å². The molecule has 0 aliphatic carbocycles. The number of carbonyl (C=O) groups is 1. The van der Waals surface area contributed by atoms with E-state index in [-0.39, 0.29) is 12.5 Å². The molecule has 0 aliphatic heterocycles. The lowest BCUT2D eigenvalue weighted by Gasteiger charge is -2.13. The predicted octanol–water partition coefficient (Wildman–Crippen LogP) is 4.32. The topological polar surface area (TPSA) is 41.1 Å². The number of anilines is 2. The van der Waals surface area contributed by atoms with E-state index in [9.17, 15) is 4.79 Å². The zero-order valence-corrected chi connectivity index (χ0v) is 13.2. The number of halogens is 1. The van der Waals surface area contributed by atoms with Crippen LogP contribution in [0.2, 0.25) is 5.02 Å². The van der Waals surface area contributed by atoms with Crippen molar-refractivity contribution < 1.29 is 4.79 Å². The Kier molecular flexibility index (Phi) is 4.86. The maximum Gasteiger partial charge on any atom is 0.243 e. The molecule has 110 valence electrons. The average Bonchev–Trinajstić information content (AvgIpc) is 2.45. The molecule has 2 aromatic rings. The second-order valence-electron chi connectivity index (χ2n) is 5.06. The van der Waals surface area contributed by atoms with Gasteiger partial charge in [0.15, 0.2) is 0 Å². The molecular formula is C17H19ClN2O. The van der Waals surface area contributed by atoms with Crippen LogP contribution in [0.5, 0.6) is 0 Å². The van der Waals surface area contributed by atoms with Crippen molar-refractivity contribution in [1.82, 2.24) is 0 Å². The van der Waals surface area contributed by atoms with Crippen LogP contribution in [0.1, 0.15) is 16.7 Å². The summed E-state index contributed by atoms with van der Waals surface area (Å²) in [6.45, 7) is 6.15. The van der Waals surface area contributed by atoms with Gasteiger partial charge in [0.25, 0.3) is 0 Å². The molecule has 0 saturated carbocycles. The summed E-state index contributed by atoms with van der Waals surface area (Å²) in [5.41, 5.74) is 4.91. The Morgan fingerprint density at radius 1 is 1.00 bits per heavy atom. The predicted molar refractivity (Wildman–Crippen MR) is 89.2 cm³/mol. The fourth-order valence-corrected chi connectivity index (χ4v) is 2.23. The minimum atomic E-state index is -0.0805. The van der Waals surface area contributed by atoms with Gasteiger partial charge in [0.2, 0.25) is 5.91 Å². The summed E-state index contributed by atoms with van der Waals surface area (Å²) in [4.78, 5) is 12.0. The van der Waals surface area contributed by atoms with Crippen molar-refractivity contribution in [1.29, 1.82) is 0 Å². The highest BCUT2D eigenvalue weighted by Gasteiger charge is 2.07. The van der Waals surface area contributed by atoms with Gasteiger partial charge in [-0.3, -0.25) is 4.79 Å². The molecule has 1 amide bonds. The van der Waals surface area contributed by atoms with Crippen LogP contribution in [-0.4, -0.2) is 12.5 Å². The quantitative estimate of drug-likeness (QED) is 0.883. The number of benzene rings is 2. The molecule has 0 radical (unpaired) electrons. The Balaban J connectivity index is 1.99. The van der Waals surface area contributed by atoms with Crippen LogP contribution in [0, 0.1) is 20.8 Å². The van der Waals surface area contributed by atoms with Crippen LogP contribution < -0.4 is 10.6 Å². The maximum absolute atomic E-state index is 12.0. The van der Waals surface area contributed by atoms with Crippen LogP contribution in [0.3, 0.4) is 0 Å². The van der Waals surface area contributed by atoms with Gasteiger partial charge in [0.05, 0.1) is 6.54 Å². The molecule has 0 atom stereocenters. The molecule has 2 rings (SSSR count). The second kappa shape index (κ2) is 6.64. The lowest BCUT2D eigenvalue weighted by Crippen LogP contribution is -2.22. The van der Waals surface area contributed by atoms with Gasteiger partial charge in [-0.25, -0.2) is 0 Å². The number of nitrogens with one attached hydrogen (secondary N) is 2. The number of carbonyl (C=O) groups excluding carboxylic acids is 1. The molecule has 0 bridgehead atoms. The van der Waals surface area contributed by atoms with Crippen molar-refractivity contribution in [2.75, 3.05) is 17.2 Å². The van der Waals surface area contributed by atoms with Gasteiger partial charge in [-0.1, -0.05) is 29.8 Å². The molecule has 0 saturated heterocycles. The van der Waals surface area contributed by atoms with Gasteiger partial charge in [-0.2, -0.15) is 0 Å². The van der Waals surface area contributed by atoms with Crippen LogP contribution in [0.25, 0.3) is 0 Å². The molecule has 2 aromatic carbocycles. The second-order valence-corrected chi connectivity index (χ2v) is 5.47. The lowest BCUT2D eigenvalue weighted by molar-refractivity contribution is -0.114. The molecule has 0 aromatic heterocycles. The monoisotopic (exact) mass is 302 g/mol. The maximum atomic E-state index is 12.0. The van der Waals surface area contributed by atoms with Crippen LogP contribution in [0.15, 0.2) is 36.4 Å². The van der Waals surface area contributed by atoms with E-state index in [0.717, 1.165) is 28.1 Å². The molecule has 21 heavy (non-hydrogen) atoms. The van der Waals surface area contributed by atoms with Gasteiger partial charge in [-0.15, -0.1) is 0 Å². The molecule has 4 heteroatoms. The lowest BCUT2D eigenvalue weighted by atomic mass is 10.1. The Morgan fingerprint density at radius 2 is 1.67 bits per heavy atom. The summed E-state index contributed by atoms with van der Waals surface area (Å²) in [7, 11) is 0. The van der Waals surface area contributed by atoms with E-state index in [0.29, 0.717) is 5.02 Å². The fraction of sp³-hybridized carbons (Fsp3) is 0.235. The third-order valence-corrected chi connectivity index (χ3v) is 4.00. The van der Waals surface area contributed by atoms with Crippen LogP contribution in [-0.2, 0) is 4.79 Å². The summed E-state index contributed by atoms with van der Waals surface area (Å²) in [5.74, 6) is -0.0805. The molecule has 0 unspecified atom stereocenters. The zero-order valence-electron chi connectivity index (χ0n) is 12.5. The van der Waals surface area contributed by atoms with Gasteiger partial charge in [-0.05, 0) is 55.7 Å². The molecule has 2 N–H and O–H groups in total. The van der Waals surface area contributed by atoms with Gasteiger partial charge >= 0.3 is 0 Å². The largest absolute Gasteiger partial charge is 0.376 e. The average molecular weight is 303 g/mol. The van der Waals surface area contributed by atoms with Crippen LogP contribution in [0.4, 0.5) is 11.4 Å². The molecule has 0 spiro atoms. The summed E-state index contributed by atoms with van der Waals surface area (Å²) < 4.78 is 0. The third-order valence-electron chi connectivity index (χ3n) is 3.59.